The third kappa shape index (κ3) is 10.5. The number of hydrogen-bond donors (Lipinski definition) is 1. The largest absolute Gasteiger partial charge is 0.377 e. The number of ether oxygens (including phenoxy) is 6. The highest BCUT2D eigenvalue weighted by Crippen LogP contribution is 1.93. The van der Waals surface area contributed by atoms with Crippen molar-refractivity contribution in [1.82, 2.24) is 0 Å². The molecule has 0 amide bonds. The second kappa shape index (κ2) is 13.7. The SMILES string of the molecule is NC[C@H]1COCCOCCOCCOCCOCCO1. The average Bonchev–Trinajstić information content (AvgIpc) is 2.47. The first-order valence-corrected chi connectivity index (χ1v) is 7.14. The van der Waals surface area contributed by atoms with Gasteiger partial charge in [-0.3, -0.25) is 0 Å². The highest BCUT2D eigenvalue weighted by molar-refractivity contribution is 4.57. The van der Waals surface area contributed by atoms with Crippen molar-refractivity contribution in [2.24, 2.45) is 5.73 Å². The van der Waals surface area contributed by atoms with E-state index in [1.807, 2.05) is 0 Å². The molecule has 7 nitrogen and oxygen atoms in total. The van der Waals surface area contributed by atoms with Gasteiger partial charge in [-0.1, -0.05) is 0 Å². The first-order valence-electron chi connectivity index (χ1n) is 7.14. The maximum absolute atomic E-state index is 5.61. The molecule has 1 aliphatic rings. The molecule has 1 heterocycles. The van der Waals surface area contributed by atoms with Gasteiger partial charge in [0.25, 0.3) is 0 Å². The van der Waals surface area contributed by atoms with Crippen molar-refractivity contribution in [2.45, 2.75) is 6.10 Å². The predicted molar refractivity (Wildman–Crippen MR) is 72.9 cm³/mol. The number of nitrogens with two attached hydrogens (primary N) is 1. The molecule has 0 aromatic heterocycles. The lowest BCUT2D eigenvalue weighted by Crippen LogP contribution is -2.30. The quantitative estimate of drug-likeness (QED) is 0.693. The lowest BCUT2D eigenvalue weighted by Gasteiger charge is -2.16. The van der Waals surface area contributed by atoms with E-state index in [4.69, 9.17) is 34.2 Å². The van der Waals surface area contributed by atoms with Gasteiger partial charge in [-0.15, -0.1) is 0 Å². The minimum Gasteiger partial charge on any atom is -0.377 e. The smallest absolute Gasteiger partial charge is 0.0931 e. The van der Waals surface area contributed by atoms with E-state index in [0.29, 0.717) is 79.2 Å². The van der Waals surface area contributed by atoms with Crippen LogP contribution in [0.15, 0.2) is 0 Å². The van der Waals surface area contributed by atoms with Crippen LogP contribution in [0.3, 0.4) is 0 Å². The monoisotopic (exact) mass is 293 g/mol. The first kappa shape index (κ1) is 17.8. The van der Waals surface area contributed by atoms with Gasteiger partial charge in [0.2, 0.25) is 0 Å². The molecule has 1 aliphatic heterocycles. The molecule has 0 saturated carbocycles. The Balaban J connectivity index is 2.14. The number of rotatable bonds is 1. The van der Waals surface area contributed by atoms with Crippen molar-refractivity contribution in [3.05, 3.63) is 0 Å². The molecule has 20 heavy (non-hydrogen) atoms. The van der Waals surface area contributed by atoms with Gasteiger partial charge in [-0.05, 0) is 0 Å². The molecule has 120 valence electrons. The van der Waals surface area contributed by atoms with Crippen molar-refractivity contribution in [3.8, 4) is 0 Å². The molecule has 0 unspecified atom stereocenters. The fraction of sp³-hybridized carbons (Fsp3) is 1.00. The van der Waals surface area contributed by atoms with Crippen molar-refractivity contribution < 1.29 is 28.4 Å². The van der Waals surface area contributed by atoms with Crippen LogP contribution in [-0.2, 0) is 28.4 Å². The zero-order chi connectivity index (χ0) is 14.3. The summed E-state index contributed by atoms with van der Waals surface area (Å²) in [5.74, 6) is 0. The Hall–Kier alpha value is -0.280. The van der Waals surface area contributed by atoms with Crippen LogP contribution in [0, 0.1) is 0 Å². The molecular weight excluding hydrogens is 266 g/mol. The topological polar surface area (TPSA) is 81.4 Å². The van der Waals surface area contributed by atoms with Crippen LogP contribution in [0.1, 0.15) is 0 Å². The maximum Gasteiger partial charge on any atom is 0.0931 e. The molecule has 0 radical (unpaired) electrons. The molecule has 0 aromatic carbocycles. The molecule has 7 heteroatoms. The summed E-state index contributed by atoms with van der Waals surface area (Å²) in [5.41, 5.74) is 5.61. The summed E-state index contributed by atoms with van der Waals surface area (Å²) in [5, 5.41) is 0. The van der Waals surface area contributed by atoms with E-state index in [1.165, 1.54) is 0 Å². The molecule has 0 spiro atoms. The predicted octanol–water partition coefficient (Wildman–Crippen LogP) is -0.573. The third-order valence-corrected chi connectivity index (χ3v) is 2.64. The Morgan fingerprint density at radius 2 is 1.00 bits per heavy atom. The number of hydrogen-bond acceptors (Lipinski definition) is 7. The van der Waals surface area contributed by atoms with Crippen molar-refractivity contribution in [3.63, 3.8) is 0 Å². The second-order valence-corrected chi connectivity index (χ2v) is 4.25. The highest BCUT2D eigenvalue weighted by Gasteiger charge is 2.07. The minimum atomic E-state index is -0.0999. The van der Waals surface area contributed by atoms with Gasteiger partial charge in [-0.25, -0.2) is 0 Å². The summed E-state index contributed by atoms with van der Waals surface area (Å²) in [6.07, 6.45) is -0.0999. The van der Waals surface area contributed by atoms with Gasteiger partial charge in [0.1, 0.15) is 0 Å². The summed E-state index contributed by atoms with van der Waals surface area (Å²) in [4.78, 5) is 0. The normalized spacial score (nSPS) is 26.6. The van der Waals surface area contributed by atoms with Gasteiger partial charge in [0, 0.05) is 6.54 Å². The van der Waals surface area contributed by atoms with Crippen LogP contribution in [0.4, 0.5) is 0 Å². The summed E-state index contributed by atoms with van der Waals surface area (Å²) in [6, 6.07) is 0. The second-order valence-electron chi connectivity index (χ2n) is 4.25. The zero-order valence-electron chi connectivity index (χ0n) is 12.1. The molecule has 1 atom stereocenters. The standard InChI is InChI=1S/C13H27NO6/c14-11-13-12-19-8-7-17-4-3-15-1-2-16-5-6-18-9-10-20-13/h13H,1-12,14H2/t13-/m0/s1. The fourth-order valence-electron chi connectivity index (χ4n) is 1.55. The van der Waals surface area contributed by atoms with E-state index >= 15 is 0 Å². The van der Waals surface area contributed by atoms with Crippen LogP contribution in [0.2, 0.25) is 0 Å². The van der Waals surface area contributed by atoms with Crippen molar-refractivity contribution in [2.75, 3.05) is 79.2 Å². The van der Waals surface area contributed by atoms with E-state index in [2.05, 4.69) is 0 Å². The molecule has 2 N–H and O–H groups in total. The van der Waals surface area contributed by atoms with Crippen LogP contribution in [-0.4, -0.2) is 85.3 Å². The minimum absolute atomic E-state index is 0.0999. The Labute approximate surface area is 120 Å². The van der Waals surface area contributed by atoms with Crippen LogP contribution < -0.4 is 5.73 Å². The van der Waals surface area contributed by atoms with Gasteiger partial charge in [0.15, 0.2) is 0 Å². The molecule has 1 saturated heterocycles. The average molecular weight is 293 g/mol. The van der Waals surface area contributed by atoms with E-state index in [1.54, 1.807) is 0 Å². The molecule has 1 rings (SSSR count). The molecule has 0 aliphatic carbocycles. The summed E-state index contributed by atoms with van der Waals surface area (Å²) < 4.78 is 32.5. The van der Waals surface area contributed by atoms with Crippen LogP contribution in [0.5, 0.6) is 0 Å². The van der Waals surface area contributed by atoms with E-state index < -0.39 is 0 Å². The molecule has 0 bridgehead atoms. The fourth-order valence-corrected chi connectivity index (χ4v) is 1.55. The van der Waals surface area contributed by atoms with Gasteiger partial charge < -0.3 is 34.2 Å². The van der Waals surface area contributed by atoms with E-state index in [0.717, 1.165) is 0 Å². The summed E-state index contributed by atoms with van der Waals surface area (Å²) >= 11 is 0. The summed E-state index contributed by atoms with van der Waals surface area (Å²) in [7, 11) is 0. The Kier molecular flexibility index (Phi) is 12.2. The van der Waals surface area contributed by atoms with E-state index in [9.17, 15) is 0 Å². The van der Waals surface area contributed by atoms with Gasteiger partial charge >= 0.3 is 0 Å². The lowest BCUT2D eigenvalue weighted by molar-refractivity contribution is -0.0574. The maximum atomic E-state index is 5.61. The molecule has 1 fully saturated rings. The van der Waals surface area contributed by atoms with E-state index in [-0.39, 0.29) is 6.10 Å². The zero-order valence-corrected chi connectivity index (χ0v) is 12.1. The third-order valence-electron chi connectivity index (χ3n) is 2.64. The van der Waals surface area contributed by atoms with Crippen molar-refractivity contribution in [1.29, 1.82) is 0 Å². The first-order chi connectivity index (χ1) is 9.93. The van der Waals surface area contributed by atoms with Crippen LogP contribution >= 0.6 is 0 Å². The molecule has 0 aromatic rings. The Bertz CT molecular complexity index is 189. The molecular formula is C13H27NO6. The van der Waals surface area contributed by atoms with Gasteiger partial charge in [0.05, 0.1) is 78.8 Å². The highest BCUT2D eigenvalue weighted by atomic mass is 16.6. The Morgan fingerprint density at radius 1 is 0.600 bits per heavy atom. The summed E-state index contributed by atoms with van der Waals surface area (Å²) in [6.45, 7) is 6.37. The van der Waals surface area contributed by atoms with Gasteiger partial charge in [-0.2, -0.15) is 0 Å². The van der Waals surface area contributed by atoms with Crippen LogP contribution in [0.25, 0.3) is 0 Å². The Morgan fingerprint density at radius 3 is 1.45 bits per heavy atom. The van der Waals surface area contributed by atoms with Crippen molar-refractivity contribution >= 4 is 0 Å². The lowest BCUT2D eigenvalue weighted by atomic mass is 10.4.